The SMILES string of the molecule is O=C(C1CCc2ccccc2C1)N1CCCCC1CCCl. The van der Waals surface area contributed by atoms with E-state index in [1.807, 2.05) is 0 Å². The van der Waals surface area contributed by atoms with Crippen LogP contribution in [-0.2, 0) is 17.6 Å². The molecule has 0 spiro atoms. The molecule has 1 fully saturated rings. The van der Waals surface area contributed by atoms with Crippen LogP contribution in [0.4, 0.5) is 0 Å². The Labute approximate surface area is 132 Å². The number of amides is 1. The van der Waals surface area contributed by atoms with Crippen LogP contribution in [0.1, 0.15) is 43.2 Å². The van der Waals surface area contributed by atoms with Crippen molar-refractivity contribution in [3.8, 4) is 0 Å². The summed E-state index contributed by atoms with van der Waals surface area (Å²) in [4.78, 5) is 15.1. The Morgan fingerprint density at radius 2 is 2.00 bits per heavy atom. The van der Waals surface area contributed by atoms with Crippen molar-refractivity contribution < 1.29 is 4.79 Å². The number of carbonyl (C=O) groups excluding carboxylic acids is 1. The van der Waals surface area contributed by atoms with Gasteiger partial charge in [-0.2, -0.15) is 0 Å². The number of nitrogens with zero attached hydrogens (tertiary/aromatic N) is 1. The molecule has 0 bridgehead atoms. The van der Waals surface area contributed by atoms with E-state index in [2.05, 4.69) is 29.2 Å². The van der Waals surface area contributed by atoms with Crippen LogP contribution in [0.15, 0.2) is 24.3 Å². The van der Waals surface area contributed by atoms with E-state index in [0.717, 1.165) is 45.1 Å². The number of likely N-dealkylation sites (tertiary alicyclic amines) is 1. The monoisotopic (exact) mass is 305 g/mol. The third kappa shape index (κ3) is 3.26. The standard InChI is InChI=1S/C18H24ClNO/c19-11-10-17-7-3-4-12-20(17)18(21)16-9-8-14-5-1-2-6-15(14)13-16/h1-2,5-6,16-17H,3-4,7-13H2. The average Bonchev–Trinajstić information content (AvgIpc) is 2.54. The number of hydrogen-bond donors (Lipinski definition) is 0. The second-order valence-electron chi connectivity index (χ2n) is 6.37. The molecule has 1 aliphatic carbocycles. The molecule has 3 heteroatoms. The normalized spacial score (nSPS) is 25.5. The first-order valence-corrected chi connectivity index (χ1v) is 8.76. The van der Waals surface area contributed by atoms with E-state index < -0.39 is 0 Å². The summed E-state index contributed by atoms with van der Waals surface area (Å²) in [6.45, 7) is 0.929. The predicted molar refractivity (Wildman–Crippen MR) is 86.6 cm³/mol. The number of aryl methyl sites for hydroxylation is 1. The number of piperidine rings is 1. The van der Waals surface area contributed by atoms with Crippen LogP contribution in [-0.4, -0.2) is 29.3 Å². The van der Waals surface area contributed by atoms with Crippen molar-refractivity contribution in [2.24, 2.45) is 5.92 Å². The van der Waals surface area contributed by atoms with Gasteiger partial charge in [0, 0.05) is 24.4 Å². The number of hydrogen-bond acceptors (Lipinski definition) is 1. The van der Waals surface area contributed by atoms with E-state index in [1.54, 1.807) is 0 Å². The first-order chi connectivity index (χ1) is 10.3. The molecule has 1 saturated heterocycles. The molecule has 114 valence electrons. The molecule has 1 aromatic carbocycles. The molecule has 0 aromatic heterocycles. The summed E-state index contributed by atoms with van der Waals surface area (Å²) >= 11 is 5.92. The Balaban J connectivity index is 1.70. The van der Waals surface area contributed by atoms with Gasteiger partial charge in [-0.3, -0.25) is 4.79 Å². The first-order valence-electron chi connectivity index (χ1n) is 8.23. The van der Waals surface area contributed by atoms with Crippen molar-refractivity contribution in [1.29, 1.82) is 0 Å². The van der Waals surface area contributed by atoms with Gasteiger partial charge in [0.05, 0.1) is 0 Å². The zero-order chi connectivity index (χ0) is 14.7. The molecular formula is C18H24ClNO. The van der Waals surface area contributed by atoms with Crippen molar-refractivity contribution in [1.82, 2.24) is 4.90 Å². The summed E-state index contributed by atoms with van der Waals surface area (Å²) < 4.78 is 0. The lowest BCUT2D eigenvalue weighted by molar-refractivity contribution is -0.139. The second kappa shape index (κ2) is 6.83. The van der Waals surface area contributed by atoms with E-state index in [1.165, 1.54) is 17.5 Å². The average molecular weight is 306 g/mol. The Hall–Kier alpha value is -1.02. The Kier molecular flexibility index (Phi) is 4.84. The van der Waals surface area contributed by atoms with E-state index in [9.17, 15) is 4.79 Å². The van der Waals surface area contributed by atoms with Gasteiger partial charge in [0.15, 0.2) is 0 Å². The first kappa shape index (κ1) is 14.9. The van der Waals surface area contributed by atoms with Crippen molar-refractivity contribution in [2.45, 2.75) is 51.0 Å². The fourth-order valence-corrected chi connectivity index (χ4v) is 4.11. The van der Waals surface area contributed by atoms with Gasteiger partial charge in [-0.25, -0.2) is 0 Å². The van der Waals surface area contributed by atoms with Gasteiger partial charge in [-0.15, -0.1) is 11.6 Å². The lowest BCUT2D eigenvalue weighted by Gasteiger charge is -2.38. The van der Waals surface area contributed by atoms with E-state index in [-0.39, 0.29) is 5.92 Å². The molecule has 0 saturated carbocycles. The number of benzene rings is 1. The number of halogens is 1. The van der Waals surface area contributed by atoms with Gasteiger partial charge < -0.3 is 4.90 Å². The maximum atomic E-state index is 12.9. The van der Waals surface area contributed by atoms with Crippen molar-refractivity contribution in [3.05, 3.63) is 35.4 Å². The predicted octanol–water partition coefficient (Wildman–Crippen LogP) is 3.80. The van der Waals surface area contributed by atoms with E-state index in [4.69, 9.17) is 11.6 Å². The van der Waals surface area contributed by atoms with Crippen molar-refractivity contribution in [2.75, 3.05) is 12.4 Å². The van der Waals surface area contributed by atoms with Crippen molar-refractivity contribution >= 4 is 17.5 Å². The van der Waals surface area contributed by atoms with Crippen LogP contribution in [0, 0.1) is 5.92 Å². The van der Waals surface area contributed by atoms with Crippen LogP contribution in [0.2, 0.25) is 0 Å². The molecule has 2 atom stereocenters. The smallest absolute Gasteiger partial charge is 0.226 e. The van der Waals surface area contributed by atoms with Gasteiger partial charge >= 0.3 is 0 Å². The number of rotatable bonds is 3. The zero-order valence-corrected chi connectivity index (χ0v) is 13.3. The lowest BCUT2D eigenvalue weighted by Crippen LogP contribution is -2.47. The minimum absolute atomic E-state index is 0.177. The van der Waals surface area contributed by atoms with Gasteiger partial charge in [0.2, 0.25) is 5.91 Å². The van der Waals surface area contributed by atoms with Crippen LogP contribution in [0.5, 0.6) is 0 Å². The summed E-state index contributed by atoms with van der Waals surface area (Å²) in [5.41, 5.74) is 2.80. The molecule has 1 heterocycles. The molecular weight excluding hydrogens is 282 g/mol. The third-order valence-electron chi connectivity index (χ3n) is 5.05. The summed E-state index contributed by atoms with van der Waals surface area (Å²) in [5, 5.41) is 0. The van der Waals surface area contributed by atoms with Gasteiger partial charge in [-0.05, 0) is 56.1 Å². The zero-order valence-electron chi connectivity index (χ0n) is 12.6. The molecule has 2 nitrogen and oxygen atoms in total. The van der Waals surface area contributed by atoms with Crippen LogP contribution >= 0.6 is 11.6 Å². The highest BCUT2D eigenvalue weighted by atomic mass is 35.5. The topological polar surface area (TPSA) is 20.3 Å². The Bertz CT molecular complexity index is 500. The van der Waals surface area contributed by atoms with Crippen LogP contribution in [0.25, 0.3) is 0 Å². The molecule has 3 rings (SSSR count). The maximum Gasteiger partial charge on any atom is 0.226 e. The highest BCUT2D eigenvalue weighted by Crippen LogP contribution is 2.29. The summed E-state index contributed by atoms with van der Waals surface area (Å²) in [6, 6.07) is 8.94. The van der Waals surface area contributed by atoms with Gasteiger partial charge in [-0.1, -0.05) is 24.3 Å². The molecule has 0 N–H and O–H groups in total. The highest BCUT2D eigenvalue weighted by Gasteiger charge is 2.32. The molecule has 1 amide bonds. The fourth-order valence-electron chi connectivity index (χ4n) is 3.86. The van der Waals surface area contributed by atoms with Crippen LogP contribution < -0.4 is 0 Å². The number of alkyl halides is 1. The van der Waals surface area contributed by atoms with Gasteiger partial charge in [0.1, 0.15) is 0 Å². The molecule has 21 heavy (non-hydrogen) atoms. The lowest BCUT2D eigenvalue weighted by atomic mass is 9.82. The number of carbonyl (C=O) groups is 1. The molecule has 1 aliphatic heterocycles. The molecule has 0 radical (unpaired) electrons. The quantitative estimate of drug-likeness (QED) is 0.778. The molecule has 1 aromatic rings. The fraction of sp³-hybridized carbons (Fsp3) is 0.611. The number of fused-ring (bicyclic) bond motifs is 1. The summed E-state index contributed by atoms with van der Waals surface area (Å²) in [5.74, 6) is 1.21. The summed E-state index contributed by atoms with van der Waals surface area (Å²) in [7, 11) is 0. The van der Waals surface area contributed by atoms with Gasteiger partial charge in [0.25, 0.3) is 0 Å². The maximum absolute atomic E-state index is 12.9. The largest absolute Gasteiger partial charge is 0.339 e. The Morgan fingerprint density at radius 3 is 2.81 bits per heavy atom. The molecule has 2 aliphatic rings. The highest BCUT2D eigenvalue weighted by molar-refractivity contribution is 6.17. The minimum Gasteiger partial charge on any atom is -0.339 e. The van der Waals surface area contributed by atoms with Crippen molar-refractivity contribution in [3.63, 3.8) is 0 Å². The summed E-state index contributed by atoms with van der Waals surface area (Å²) in [6.07, 6.45) is 7.41. The Morgan fingerprint density at radius 1 is 1.19 bits per heavy atom. The second-order valence-corrected chi connectivity index (χ2v) is 6.75. The van der Waals surface area contributed by atoms with E-state index in [0.29, 0.717) is 17.8 Å². The minimum atomic E-state index is 0.177. The van der Waals surface area contributed by atoms with E-state index >= 15 is 0 Å². The van der Waals surface area contributed by atoms with Crippen LogP contribution in [0.3, 0.4) is 0 Å². The third-order valence-corrected chi connectivity index (χ3v) is 5.27. The molecule has 2 unspecified atom stereocenters.